The summed E-state index contributed by atoms with van der Waals surface area (Å²) in [6, 6.07) is 0.390. The Labute approximate surface area is 180 Å². The Morgan fingerprint density at radius 2 is 2.00 bits per heavy atom. The molecule has 2 atom stereocenters. The molecule has 1 saturated carbocycles. The summed E-state index contributed by atoms with van der Waals surface area (Å²) in [4.78, 5) is 39.7. The van der Waals surface area contributed by atoms with Gasteiger partial charge in [0.1, 0.15) is 5.00 Å². The van der Waals surface area contributed by atoms with Crippen LogP contribution in [0.3, 0.4) is 0 Å². The molecule has 1 heterocycles. The summed E-state index contributed by atoms with van der Waals surface area (Å²) in [7, 11) is 3.50. The van der Waals surface area contributed by atoms with E-state index >= 15 is 0 Å². The van der Waals surface area contributed by atoms with Crippen molar-refractivity contribution in [1.82, 2.24) is 10.2 Å². The molecule has 1 aromatic rings. The van der Waals surface area contributed by atoms with Gasteiger partial charge in [0.2, 0.25) is 5.91 Å². The number of likely N-dealkylation sites (N-methyl/N-ethyl adjacent to an activating group) is 1. The second kappa shape index (κ2) is 11.0. The molecule has 9 heteroatoms. The minimum Gasteiger partial charge on any atom is -0.462 e. The standard InChI is InChI=1S/C20H31N3O4S2/c1-6-27-20(26)16-12(3)17(18(25)21-4)29-19(16)22-15(24)11-23(5)13-8-9-14(10-13)28-7-2/h13-14H,6-11H2,1-5H3,(H,21,25)(H,22,24). The first-order valence-corrected chi connectivity index (χ1v) is 11.8. The zero-order valence-electron chi connectivity index (χ0n) is 17.8. The predicted octanol–water partition coefficient (Wildman–Crippen LogP) is 3.14. The number of thiophene rings is 1. The topological polar surface area (TPSA) is 87.7 Å². The van der Waals surface area contributed by atoms with Crippen LogP contribution in [0.15, 0.2) is 0 Å². The number of rotatable bonds is 9. The number of amides is 2. The largest absolute Gasteiger partial charge is 0.462 e. The summed E-state index contributed by atoms with van der Waals surface area (Å²) in [5, 5.41) is 6.43. The molecule has 0 bridgehead atoms. The molecular weight excluding hydrogens is 410 g/mol. The van der Waals surface area contributed by atoms with Crippen LogP contribution in [0, 0.1) is 6.92 Å². The van der Waals surface area contributed by atoms with Gasteiger partial charge < -0.3 is 15.4 Å². The van der Waals surface area contributed by atoms with Gasteiger partial charge in [-0.1, -0.05) is 6.92 Å². The van der Waals surface area contributed by atoms with E-state index in [9.17, 15) is 14.4 Å². The summed E-state index contributed by atoms with van der Waals surface area (Å²) in [5.41, 5.74) is 0.776. The average molecular weight is 442 g/mol. The third kappa shape index (κ3) is 5.96. The van der Waals surface area contributed by atoms with E-state index in [0.717, 1.165) is 29.9 Å². The molecule has 29 heavy (non-hydrogen) atoms. The minimum atomic E-state index is -0.532. The van der Waals surface area contributed by atoms with E-state index < -0.39 is 5.97 Å². The van der Waals surface area contributed by atoms with Crippen molar-refractivity contribution < 1.29 is 19.1 Å². The van der Waals surface area contributed by atoms with Gasteiger partial charge in [-0.25, -0.2) is 4.79 Å². The van der Waals surface area contributed by atoms with E-state index in [-0.39, 0.29) is 30.5 Å². The van der Waals surface area contributed by atoms with Crippen LogP contribution in [0.4, 0.5) is 5.00 Å². The Kier molecular flexibility index (Phi) is 8.98. The van der Waals surface area contributed by atoms with Crippen LogP contribution < -0.4 is 10.6 Å². The number of thioether (sulfide) groups is 1. The van der Waals surface area contributed by atoms with Crippen LogP contribution in [-0.4, -0.2) is 67.0 Å². The Bertz CT molecular complexity index is 750. The maximum Gasteiger partial charge on any atom is 0.341 e. The number of nitrogens with one attached hydrogen (secondary N) is 2. The molecule has 1 aliphatic carbocycles. The summed E-state index contributed by atoms with van der Waals surface area (Å²) in [6.45, 7) is 6.05. The smallest absolute Gasteiger partial charge is 0.341 e. The van der Waals surface area contributed by atoms with E-state index in [4.69, 9.17) is 4.74 Å². The lowest BCUT2D eigenvalue weighted by atomic mass is 10.1. The zero-order valence-corrected chi connectivity index (χ0v) is 19.4. The number of anilines is 1. The van der Waals surface area contributed by atoms with E-state index in [1.54, 1.807) is 13.8 Å². The van der Waals surface area contributed by atoms with Crippen molar-refractivity contribution >= 4 is 45.9 Å². The van der Waals surface area contributed by atoms with Crippen LogP contribution in [0.5, 0.6) is 0 Å². The number of esters is 1. The summed E-state index contributed by atoms with van der Waals surface area (Å²) >= 11 is 3.09. The fourth-order valence-corrected chi connectivity index (χ4v) is 5.90. The normalized spacial score (nSPS) is 18.7. The van der Waals surface area contributed by atoms with Gasteiger partial charge in [0.15, 0.2) is 0 Å². The van der Waals surface area contributed by atoms with Crippen molar-refractivity contribution in [2.24, 2.45) is 0 Å². The first-order chi connectivity index (χ1) is 13.8. The van der Waals surface area contributed by atoms with Crippen LogP contribution in [0.1, 0.15) is 58.7 Å². The second-order valence-electron chi connectivity index (χ2n) is 7.07. The fraction of sp³-hybridized carbons (Fsp3) is 0.650. The van der Waals surface area contributed by atoms with Crippen molar-refractivity contribution in [2.75, 3.05) is 38.3 Å². The fourth-order valence-electron chi connectivity index (χ4n) is 3.61. The molecule has 2 rings (SSSR count). The molecule has 2 unspecified atom stereocenters. The van der Waals surface area contributed by atoms with E-state index in [1.165, 1.54) is 13.5 Å². The monoisotopic (exact) mass is 441 g/mol. The Hall–Kier alpha value is -1.58. The van der Waals surface area contributed by atoms with Crippen LogP contribution in [-0.2, 0) is 9.53 Å². The highest BCUT2D eigenvalue weighted by atomic mass is 32.2. The van der Waals surface area contributed by atoms with Gasteiger partial charge in [0.05, 0.1) is 23.6 Å². The van der Waals surface area contributed by atoms with Gasteiger partial charge in [0, 0.05) is 18.3 Å². The van der Waals surface area contributed by atoms with Crippen LogP contribution in [0.25, 0.3) is 0 Å². The Morgan fingerprint density at radius 1 is 1.28 bits per heavy atom. The molecule has 2 amide bonds. The lowest BCUT2D eigenvalue weighted by Gasteiger charge is -2.23. The third-order valence-electron chi connectivity index (χ3n) is 5.09. The van der Waals surface area contributed by atoms with Gasteiger partial charge in [0.25, 0.3) is 5.91 Å². The van der Waals surface area contributed by atoms with Crippen LogP contribution in [0.2, 0.25) is 0 Å². The second-order valence-corrected chi connectivity index (χ2v) is 9.67. The van der Waals surface area contributed by atoms with Crippen molar-refractivity contribution in [3.8, 4) is 0 Å². The zero-order chi connectivity index (χ0) is 21.6. The summed E-state index contributed by atoms with van der Waals surface area (Å²) < 4.78 is 5.13. The van der Waals surface area contributed by atoms with Gasteiger partial charge in [-0.3, -0.25) is 14.5 Å². The molecule has 1 aromatic heterocycles. The Morgan fingerprint density at radius 3 is 2.62 bits per heavy atom. The van der Waals surface area contributed by atoms with Crippen LogP contribution >= 0.6 is 23.1 Å². The molecule has 1 aliphatic rings. The molecule has 7 nitrogen and oxygen atoms in total. The molecule has 0 aromatic carbocycles. The first kappa shape index (κ1) is 23.7. The number of nitrogens with zero attached hydrogens (tertiary/aromatic N) is 1. The highest BCUT2D eigenvalue weighted by Gasteiger charge is 2.30. The molecule has 0 radical (unpaired) electrons. The maximum atomic E-state index is 12.7. The molecule has 0 saturated heterocycles. The van der Waals surface area contributed by atoms with Gasteiger partial charge in [-0.05, 0) is 51.5 Å². The van der Waals surface area contributed by atoms with Crippen molar-refractivity contribution in [1.29, 1.82) is 0 Å². The van der Waals surface area contributed by atoms with Gasteiger partial charge >= 0.3 is 5.97 Å². The van der Waals surface area contributed by atoms with Crippen molar-refractivity contribution in [3.05, 3.63) is 16.0 Å². The molecule has 1 fully saturated rings. The Balaban J connectivity index is 2.10. The van der Waals surface area contributed by atoms with E-state index in [2.05, 4.69) is 22.5 Å². The lowest BCUT2D eigenvalue weighted by molar-refractivity contribution is -0.117. The highest BCUT2D eigenvalue weighted by Crippen LogP contribution is 2.34. The van der Waals surface area contributed by atoms with E-state index in [0.29, 0.717) is 26.7 Å². The van der Waals surface area contributed by atoms with Crippen molar-refractivity contribution in [3.63, 3.8) is 0 Å². The molecule has 0 spiro atoms. The SMILES string of the molecule is CCOC(=O)c1c(NC(=O)CN(C)C2CCC(SCC)C2)sc(C(=O)NC)c1C. The number of carbonyl (C=O) groups excluding carboxylic acids is 3. The first-order valence-electron chi connectivity index (χ1n) is 9.96. The quantitative estimate of drug-likeness (QED) is 0.573. The molecule has 0 aliphatic heterocycles. The van der Waals surface area contributed by atoms with Gasteiger partial charge in [-0.15, -0.1) is 11.3 Å². The minimum absolute atomic E-state index is 0.200. The van der Waals surface area contributed by atoms with Gasteiger partial charge in [-0.2, -0.15) is 11.8 Å². The number of ether oxygens (including phenoxy) is 1. The van der Waals surface area contributed by atoms with E-state index in [1.807, 2.05) is 18.8 Å². The van der Waals surface area contributed by atoms with Crippen molar-refractivity contribution in [2.45, 2.75) is 51.3 Å². The lowest BCUT2D eigenvalue weighted by Crippen LogP contribution is -2.37. The predicted molar refractivity (Wildman–Crippen MR) is 119 cm³/mol. The number of carbonyl (C=O) groups is 3. The summed E-state index contributed by atoms with van der Waals surface area (Å²) in [5.74, 6) is 0.0922. The average Bonchev–Trinajstić information content (AvgIpc) is 3.26. The highest BCUT2D eigenvalue weighted by molar-refractivity contribution is 7.99. The number of hydrogen-bond acceptors (Lipinski definition) is 7. The summed E-state index contributed by atoms with van der Waals surface area (Å²) in [6.07, 6.45) is 3.37. The third-order valence-corrected chi connectivity index (χ3v) is 7.53. The molecule has 2 N–H and O–H groups in total. The maximum absolute atomic E-state index is 12.7. The molecule has 162 valence electrons. The number of hydrogen-bond donors (Lipinski definition) is 2. The molecular formula is C20H31N3O4S2.